The van der Waals surface area contributed by atoms with E-state index in [1.54, 1.807) is 0 Å². The minimum absolute atomic E-state index is 0.00697. The van der Waals surface area contributed by atoms with Crippen LogP contribution in [-0.2, 0) is 13.0 Å². The molecule has 154 valence electrons. The first-order valence-electron chi connectivity index (χ1n) is 11.0. The van der Waals surface area contributed by atoms with Crippen molar-refractivity contribution < 1.29 is 4.79 Å². The Kier molecular flexibility index (Phi) is 7.85. The standard InChI is InChI=1S/C25H33N3O/c1-3-4-5-6-11-19-28-23-16-10-9-15-22(23)27-24(28)17-12-18-26-25(29)21-14-8-7-13-20(21)2/h7-10,13-16H,3-6,11-12,17-19H2,1-2H3,(H,26,29). The van der Waals surface area contributed by atoms with E-state index in [1.165, 1.54) is 37.6 Å². The summed E-state index contributed by atoms with van der Waals surface area (Å²) in [6, 6.07) is 16.1. The van der Waals surface area contributed by atoms with Gasteiger partial charge in [-0.2, -0.15) is 0 Å². The van der Waals surface area contributed by atoms with Gasteiger partial charge in [0.25, 0.3) is 5.91 Å². The van der Waals surface area contributed by atoms with E-state index in [0.717, 1.165) is 41.9 Å². The van der Waals surface area contributed by atoms with Crippen LogP contribution in [0, 0.1) is 6.92 Å². The number of benzene rings is 2. The van der Waals surface area contributed by atoms with Gasteiger partial charge < -0.3 is 9.88 Å². The molecular formula is C25H33N3O. The highest BCUT2D eigenvalue weighted by Crippen LogP contribution is 2.18. The largest absolute Gasteiger partial charge is 0.352 e. The van der Waals surface area contributed by atoms with E-state index in [4.69, 9.17) is 4.98 Å². The molecule has 1 amide bonds. The monoisotopic (exact) mass is 391 g/mol. The molecule has 0 bridgehead atoms. The second kappa shape index (κ2) is 10.8. The van der Waals surface area contributed by atoms with Crippen molar-refractivity contribution in [3.05, 3.63) is 65.5 Å². The predicted octanol–water partition coefficient (Wildman–Crippen LogP) is 5.68. The van der Waals surface area contributed by atoms with E-state index in [-0.39, 0.29) is 5.91 Å². The van der Waals surface area contributed by atoms with Gasteiger partial charge in [0.15, 0.2) is 0 Å². The van der Waals surface area contributed by atoms with Crippen LogP contribution in [0.4, 0.5) is 0 Å². The summed E-state index contributed by atoms with van der Waals surface area (Å²) in [4.78, 5) is 17.2. The van der Waals surface area contributed by atoms with Crippen LogP contribution in [0.3, 0.4) is 0 Å². The number of carbonyl (C=O) groups excluding carboxylic acids is 1. The highest BCUT2D eigenvalue weighted by molar-refractivity contribution is 5.95. The lowest BCUT2D eigenvalue weighted by atomic mass is 10.1. The average molecular weight is 392 g/mol. The fraction of sp³-hybridized carbons (Fsp3) is 0.440. The molecule has 2 aromatic carbocycles. The van der Waals surface area contributed by atoms with Gasteiger partial charge in [-0.3, -0.25) is 4.79 Å². The van der Waals surface area contributed by atoms with Crippen LogP contribution in [0.15, 0.2) is 48.5 Å². The van der Waals surface area contributed by atoms with Crippen LogP contribution in [0.25, 0.3) is 11.0 Å². The first-order valence-corrected chi connectivity index (χ1v) is 11.0. The fourth-order valence-electron chi connectivity index (χ4n) is 3.81. The van der Waals surface area contributed by atoms with Crippen molar-refractivity contribution in [3.8, 4) is 0 Å². The molecule has 29 heavy (non-hydrogen) atoms. The van der Waals surface area contributed by atoms with Crippen molar-refractivity contribution in [2.75, 3.05) is 6.54 Å². The second-order valence-electron chi connectivity index (χ2n) is 7.76. The van der Waals surface area contributed by atoms with Gasteiger partial charge in [-0.1, -0.05) is 62.9 Å². The zero-order valence-electron chi connectivity index (χ0n) is 17.8. The Morgan fingerprint density at radius 3 is 2.55 bits per heavy atom. The molecule has 0 atom stereocenters. The van der Waals surface area contributed by atoms with Gasteiger partial charge in [0.2, 0.25) is 0 Å². The molecule has 0 saturated carbocycles. The Hall–Kier alpha value is -2.62. The lowest BCUT2D eigenvalue weighted by Gasteiger charge is -2.10. The number of nitrogens with zero attached hydrogens (tertiary/aromatic N) is 2. The molecule has 0 aliphatic rings. The molecule has 0 unspecified atom stereocenters. The number of carbonyl (C=O) groups is 1. The third-order valence-corrected chi connectivity index (χ3v) is 5.47. The fourth-order valence-corrected chi connectivity index (χ4v) is 3.81. The second-order valence-corrected chi connectivity index (χ2v) is 7.76. The summed E-state index contributed by atoms with van der Waals surface area (Å²) in [6.45, 7) is 5.90. The Labute approximate surface area is 174 Å². The van der Waals surface area contributed by atoms with Crippen molar-refractivity contribution in [2.24, 2.45) is 0 Å². The highest BCUT2D eigenvalue weighted by Gasteiger charge is 2.11. The van der Waals surface area contributed by atoms with Gasteiger partial charge in [-0.25, -0.2) is 4.98 Å². The van der Waals surface area contributed by atoms with Gasteiger partial charge >= 0.3 is 0 Å². The molecule has 3 aromatic rings. The topological polar surface area (TPSA) is 46.9 Å². The van der Waals surface area contributed by atoms with Crippen LogP contribution in [-0.4, -0.2) is 22.0 Å². The van der Waals surface area contributed by atoms with Crippen molar-refractivity contribution in [1.82, 2.24) is 14.9 Å². The smallest absolute Gasteiger partial charge is 0.251 e. The van der Waals surface area contributed by atoms with Crippen LogP contribution in [0.2, 0.25) is 0 Å². The molecule has 0 spiro atoms. The summed E-state index contributed by atoms with van der Waals surface area (Å²) in [5, 5.41) is 3.05. The molecule has 1 N–H and O–H groups in total. The number of aryl methyl sites for hydroxylation is 3. The Bertz CT molecular complexity index is 929. The van der Waals surface area contributed by atoms with Crippen molar-refractivity contribution in [1.29, 1.82) is 0 Å². The molecule has 3 rings (SSSR count). The maximum absolute atomic E-state index is 12.4. The summed E-state index contributed by atoms with van der Waals surface area (Å²) in [6.07, 6.45) is 8.12. The number of hydrogen-bond donors (Lipinski definition) is 1. The number of hydrogen-bond acceptors (Lipinski definition) is 2. The predicted molar refractivity (Wildman–Crippen MR) is 120 cm³/mol. The number of aromatic nitrogens is 2. The maximum Gasteiger partial charge on any atom is 0.251 e. The normalized spacial score (nSPS) is 11.1. The van der Waals surface area contributed by atoms with E-state index in [2.05, 4.69) is 35.0 Å². The lowest BCUT2D eigenvalue weighted by molar-refractivity contribution is 0.0952. The van der Waals surface area contributed by atoms with E-state index in [9.17, 15) is 4.79 Å². The Morgan fingerprint density at radius 2 is 1.72 bits per heavy atom. The van der Waals surface area contributed by atoms with Crippen molar-refractivity contribution in [3.63, 3.8) is 0 Å². The molecule has 1 heterocycles. The molecule has 1 aromatic heterocycles. The van der Waals surface area contributed by atoms with E-state index in [0.29, 0.717) is 6.54 Å². The van der Waals surface area contributed by atoms with E-state index < -0.39 is 0 Å². The Balaban J connectivity index is 1.57. The molecular weight excluding hydrogens is 358 g/mol. The third kappa shape index (κ3) is 5.69. The summed E-state index contributed by atoms with van der Waals surface area (Å²) >= 11 is 0. The maximum atomic E-state index is 12.4. The zero-order chi connectivity index (χ0) is 20.5. The summed E-state index contributed by atoms with van der Waals surface area (Å²) in [5.41, 5.74) is 4.06. The molecule has 0 saturated heterocycles. The molecule has 0 radical (unpaired) electrons. The number of imidazole rings is 1. The van der Waals surface area contributed by atoms with Gasteiger partial charge in [-0.15, -0.1) is 0 Å². The van der Waals surface area contributed by atoms with Gasteiger partial charge in [0, 0.05) is 25.1 Å². The number of nitrogens with one attached hydrogen (secondary N) is 1. The summed E-state index contributed by atoms with van der Waals surface area (Å²) in [5.74, 6) is 1.14. The molecule has 4 heteroatoms. The number of para-hydroxylation sites is 2. The average Bonchev–Trinajstić information content (AvgIpc) is 3.09. The molecule has 4 nitrogen and oxygen atoms in total. The lowest BCUT2D eigenvalue weighted by Crippen LogP contribution is -2.25. The molecule has 0 aliphatic carbocycles. The molecule has 0 fully saturated rings. The number of rotatable bonds is 11. The van der Waals surface area contributed by atoms with Crippen LogP contribution in [0.5, 0.6) is 0 Å². The minimum atomic E-state index is 0.00697. The van der Waals surface area contributed by atoms with Crippen LogP contribution >= 0.6 is 0 Å². The summed E-state index contributed by atoms with van der Waals surface area (Å²) in [7, 11) is 0. The first-order chi connectivity index (χ1) is 14.2. The van der Waals surface area contributed by atoms with Crippen molar-refractivity contribution >= 4 is 16.9 Å². The van der Waals surface area contributed by atoms with Crippen molar-refractivity contribution in [2.45, 2.75) is 65.3 Å². The third-order valence-electron chi connectivity index (χ3n) is 5.47. The summed E-state index contributed by atoms with van der Waals surface area (Å²) < 4.78 is 2.38. The van der Waals surface area contributed by atoms with E-state index in [1.807, 2.05) is 37.3 Å². The van der Waals surface area contributed by atoms with E-state index >= 15 is 0 Å². The number of fused-ring (bicyclic) bond motifs is 1. The number of unbranched alkanes of at least 4 members (excludes halogenated alkanes) is 4. The van der Waals surface area contributed by atoms with Gasteiger partial charge in [0.1, 0.15) is 5.82 Å². The quantitative estimate of drug-likeness (QED) is 0.428. The highest BCUT2D eigenvalue weighted by atomic mass is 16.1. The first kappa shape index (κ1) is 21.1. The molecule has 0 aliphatic heterocycles. The zero-order valence-corrected chi connectivity index (χ0v) is 17.8. The SMILES string of the molecule is CCCCCCCn1c(CCCNC(=O)c2ccccc2C)nc2ccccc21. The number of amides is 1. The van der Waals surface area contributed by atoms with Crippen LogP contribution in [0.1, 0.15) is 67.2 Å². The minimum Gasteiger partial charge on any atom is -0.352 e. The van der Waals surface area contributed by atoms with Gasteiger partial charge in [-0.05, 0) is 43.5 Å². The van der Waals surface area contributed by atoms with Crippen LogP contribution < -0.4 is 5.32 Å². The Morgan fingerprint density at radius 1 is 0.966 bits per heavy atom. The van der Waals surface area contributed by atoms with Gasteiger partial charge in [0.05, 0.1) is 11.0 Å².